The van der Waals surface area contributed by atoms with Gasteiger partial charge < -0.3 is 10.8 Å². The molecule has 0 aromatic heterocycles. The standard InChI is InChI=1S/C8H20N2O.2ClH/c1-2-3-5-10(6-4-9)7-8-11;;/h11H,2-9H2,1H3;2*1H. The first-order valence-electron chi connectivity index (χ1n) is 4.38. The number of hydrogen-bond donors (Lipinski definition) is 2. The second-order valence-electron chi connectivity index (χ2n) is 2.71. The molecule has 0 aromatic rings. The molecule has 0 bridgehead atoms. The van der Waals surface area contributed by atoms with E-state index in [1.54, 1.807) is 0 Å². The molecule has 0 amide bonds. The van der Waals surface area contributed by atoms with E-state index in [0.717, 1.165) is 19.6 Å². The van der Waals surface area contributed by atoms with Gasteiger partial charge in [0.1, 0.15) is 0 Å². The second-order valence-corrected chi connectivity index (χ2v) is 2.71. The molecule has 0 aliphatic heterocycles. The zero-order valence-corrected chi connectivity index (χ0v) is 9.87. The van der Waals surface area contributed by atoms with Gasteiger partial charge in [0, 0.05) is 19.6 Å². The molecule has 84 valence electrons. The highest BCUT2D eigenvalue weighted by Gasteiger charge is 2.00. The van der Waals surface area contributed by atoms with Crippen molar-refractivity contribution >= 4 is 24.8 Å². The predicted molar refractivity (Wildman–Crippen MR) is 62.0 cm³/mol. The monoisotopic (exact) mass is 232 g/mol. The number of halogens is 2. The van der Waals surface area contributed by atoms with Gasteiger partial charge in [-0.25, -0.2) is 0 Å². The second kappa shape index (κ2) is 15.0. The molecule has 5 heteroatoms. The molecule has 3 N–H and O–H groups in total. The van der Waals surface area contributed by atoms with Crippen LogP contribution in [0.4, 0.5) is 0 Å². The van der Waals surface area contributed by atoms with Gasteiger partial charge in [-0.15, -0.1) is 24.8 Å². The van der Waals surface area contributed by atoms with Gasteiger partial charge in [0.05, 0.1) is 6.61 Å². The molecule has 0 rings (SSSR count). The summed E-state index contributed by atoms with van der Waals surface area (Å²) >= 11 is 0. The third-order valence-corrected chi connectivity index (χ3v) is 1.69. The number of hydrogen-bond acceptors (Lipinski definition) is 3. The first-order chi connectivity index (χ1) is 5.35. The minimum atomic E-state index is 0. The Kier molecular flexibility index (Phi) is 22.0. The summed E-state index contributed by atoms with van der Waals surface area (Å²) in [6, 6.07) is 0. The summed E-state index contributed by atoms with van der Waals surface area (Å²) in [7, 11) is 0. The lowest BCUT2D eigenvalue weighted by Crippen LogP contribution is -2.32. The fourth-order valence-corrected chi connectivity index (χ4v) is 1.04. The van der Waals surface area contributed by atoms with Crippen molar-refractivity contribution in [1.82, 2.24) is 4.90 Å². The van der Waals surface area contributed by atoms with Gasteiger partial charge in [-0.05, 0) is 13.0 Å². The molecule has 0 heterocycles. The highest BCUT2D eigenvalue weighted by atomic mass is 35.5. The van der Waals surface area contributed by atoms with Crippen molar-refractivity contribution in [1.29, 1.82) is 0 Å². The Hall–Kier alpha value is 0.460. The van der Waals surface area contributed by atoms with Crippen LogP contribution in [0, 0.1) is 0 Å². The lowest BCUT2D eigenvalue weighted by Gasteiger charge is -2.19. The van der Waals surface area contributed by atoms with Crippen molar-refractivity contribution in [2.45, 2.75) is 19.8 Å². The van der Waals surface area contributed by atoms with Crippen LogP contribution in [0.5, 0.6) is 0 Å². The molecule has 0 saturated carbocycles. The number of aliphatic hydroxyl groups is 1. The number of rotatable bonds is 7. The van der Waals surface area contributed by atoms with E-state index in [1.807, 2.05) is 0 Å². The zero-order valence-electron chi connectivity index (χ0n) is 8.24. The maximum absolute atomic E-state index is 8.68. The fourth-order valence-electron chi connectivity index (χ4n) is 1.04. The first kappa shape index (κ1) is 19.1. The van der Waals surface area contributed by atoms with Crippen LogP contribution in [0.2, 0.25) is 0 Å². The average Bonchev–Trinajstić information content (AvgIpc) is 2.01. The van der Waals surface area contributed by atoms with Crippen molar-refractivity contribution in [2.75, 3.05) is 32.8 Å². The summed E-state index contributed by atoms with van der Waals surface area (Å²) in [6.45, 7) is 5.82. The third-order valence-electron chi connectivity index (χ3n) is 1.69. The van der Waals surface area contributed by atoms with Crippen molar-refractivity contribution in [3.8, 4) is 0 Å². The smallest absolute Gasteiger partial charge is 0.0558 e. The minimum absolute atomic E-state index is 0. The van der Waals surface area contributed by atoms with Gasteiger partial charge in [-0.1, -0.05) is 13.3 Å². The van der Waals surface area contributed by atoms with E-state index in [1.165, 1.54) is 12.8 Å². The third kappa shape index (κ3) is 12.5. The van der Waals surface area contributed by atoms with E-state index in [-0.39, 0.29) is 31.4 Å². The van der Waals surface area contributed by atoms with Crippen LogP contribution in [-0.2, 0) is 0 Å². The Balaban J connectivity index is -0.000000500. The van der Waals surface area contributed by atoms with Crippen molar-refractivity contribution < 1.29 is 5.11 Å². The van der Waals surface area contributed by atoms with Gasteiger partial charge in [0.25, 0.3) is 0 Å². The topological polar surface area (TPSA) is 49.5 Å². The maximum Gasteiger partial charge on any atom is 0.0558 e. The van der Waals surface area contributed by atoms with E-state index >= 15 is 0 Å². The first-order valence-corrected chi connectivity index (χ1v) is 4.38. The largest absolute Gasteiger partial charge is 0.395 e. The lowest BCUT2D eigenvalue weighted by atomic mass is 10.3. The normalized spacial score (nSPS) is 9.23. The Morgan fingerprint density at radius 2 is 1.77 bits per heavy atom. The van der Waals surface area contributed by atoms with Crippen molar-refractivity contribution in [3.05, 3.63) is 0 Å². The highest BCUT2D eigenvalue weighted by Crippen LogP contribution is 1.92. The molecule has 0 aliphatic rings. The van der Waals surface area contributed by atoms with Crippen LogP contribution < -0.4 is 5.73 Å². The zero-order chi connectivity index (χ0) is 8.53. The quantitative estimate of drug-likeness (QED) is 0.686. The van der Waals surface area contributed by atoms with E-state index in [2.05, 4.69) is 11.8 Å². The summed E-state index contributed by atoms with van der Waals surface area (Å²) in [5, 5.41) is 8.68. The Morgan fingerprint density at radius 1 is 1.15 bits per heavy atom. The molecule has 0 unspecified atom stereocenters. The molecule has 3 nitrogen and oxygen atoms in total. The molecule has 0 atom stereocenters. The summed E-state index contributed by atoms with van der Waals surface area (Å²) < 4.78 is 0. The van der Waals surface area contributed by atoms with E-state index in [9.17, 15) is 0 Å². The van der Waals surface area contributed by atoms with Gasteiger partial charge in [-0.2, -0.15) is 0 Å². The average molecular weight is 233 g/mol. The van der Waals surface area contributed by atoms with E-state index in [4.69, 9.17) is 10.8 Å². The number of nitrogens with zero attached hydrogens (tertiary/aromatic N) is 1. The van der Waals surface area contributed by atoms with E-state index < -0.39 is 0 Å². The number of nitrogens with two attached hydrogens (primary N) is 1. The van der Waals surface area contributed by atoms with Gasteiger partial charge >= 0.3 is 0 Å². The molecule has 0 spiro atoms. The van der Waals surface area contributed by atoms with Gasteiger partial charge in [0.2, 0.25) is 0 Å². The molecular weight excluding hydrogens is 211 g/mol. The Bertz CT molecular complexity index is 80.5. The van der Waals surface area contributed by atoms with Crippen molar-refractivity contribution in [3.63, 3.8) is 0 Å². The lowest BCUT2D eigenvalue weighted by molar-refractivity contribution is 0.197. The summed E-state index contributed by atoms with van der Waals surface area (Å²) in [4.78, 5) is 2.20. The van der Waals surface area contributed by atoms with Gasteiger partial charge in [0.15, 0.2) is 0 Å². The maximum atomic E-state index is 8.68. The minimum Gasteiger partial charge on any atom is -0.395 e. The predicted octanol–water partition coefficient (Wildman–Crippen LogP) is 0.883. The Morgan fingerprint density at radius 3 is 2.15 bits per heavy atom. The van der Waals surface area contributed by atoms with E-state index in [0.29, 0.717) is 6.54 Å². The van der Waals surface area contributed by atoms with Crippen LogP contribution in [0.3, 0.4) is 0 Å². The summed E-state index contributed by atoms with van der Waals surface area (Å²) in [5.74, 6) is 0. The van der Waals surface area contributed by atoms with Gasteiger partial charge in [-0.3, -0.25) is 4.90 Å². The highest BCUT2D eigenvalue weighted by molar-refractivity contribution is 5.85. The van der Waals surface area contributed by atoms with Crippen LogP contribution >= 0.6 is 24.8 Å². The van der Waals surface area contributed by atoms with Crippen LogP contribution in [-0.4, -0.2) is 42.8 Å². The van der Waals surface area contributed by atoms with Crippen LogP contribution in [0.25, 0.3) is 0 Å². The molecule has 0 aromatic carbocycles. The fraction of sp³-hybridized carbons (Fsp3) is 1.00. The Labute approximate surface area is 93.5 Å². The number of aliphatic hydroxyl groups excluding tert-OH is 1. The molecule has 0 aliphatic carbocycles. The van der Waals surface area contributed by atoms with Crippen LogP contribution in [0.1, 0.15) is 19.8 Å². The summed E-state index contributed by atoms with van der Waals surface area (Å²) in [5.41, 5.74) is 5.41. The van der Waals surface area contributed by atoms with Crippen LogP contribution in [0.15, 0.2) is 0 Å². The number of unbranched alkanes of at least 4 members (excludes halogenated alkanes) is 1. The SMILES string of the molecule is CCCCN(CCN)CCO.Cl.Cl. The molecule has 0 saturated heterocycles. The van der Waals surface area contributed by atoms with Crippen molar-refractivity contribution in [2.24, 2.45) is 5.73 Å². The molecule has 13 heavy (non-hydrogen) atoms. The molecule has 0 fully saturated rings. The molecular formula is C8H22Cl2N2O. The molecule has 0 radical (unpaired) electrons. The summed E-state index contributed by atoms with van der Waals surface area (Å²) in [6.07, 6.45) is 2.40.